The molecule has 0 saturated carbocycles. The van der Waals surface area contributed by atoms with Gasteiger partial charge in [-0.15, -0.1) is 0 Å². The van der Waals surface area contributed by atoms with E-state index in [9.17, 15) is 4.79 Å². The summed E-state index contributed by atoms with van der Waals surface area (Å²) < 4.78 is 0. The first-order valence-electron chi connectivity index (χ1n) is 3.40. The molecule has 4 heteroatoms. The van der Waals surface area contributed by atoms with Crippen molar-refractivity contribution in [2.45, 2.75) is 12.8 Å². The molecule has 0 aromatic carbocycles. The smallest absolute Gasteiger partial charge is 0.303 e. The first-order chi connectivity index (χ1) is 5.29. The van der Waals surface area contributed by atoms with Crippen LogP contribution in [0.3, 0.4) is 0 Å². The number of carbonyl (C=O) groups is 1. The number of carboxylic acid groups (broad SMARTS) is 1. The van der Waals surface area contributed by atoms with Crippen molar-refractivity contribution >= 4 is 14.4 Å². The third kappa shape index (κ3) is 3.76. The van der Waals surface area contributed by atoms with Crippen molar-refractivity contribution in [3.63, 3.8) is 0 Å². The summed E-state index contributed by atoms with van der Waals surface area (Å²) >= 11 is 0. The molecule has 1 heterocycles. The van der Waals surface area contributed by atoms with Gasteiger partial charge < -0.3 is 5.11 Å². The first-order valence-corrected chi connectivity index (χ1v) is 3.40. The zero-order chi connectivity index (χ0) is 8.10. The number of carboxylic acids is 1. The molecule has 0 amide bonds. The fourth-order valence-electron chi connectivity index (χ4n) is 0.801. The number of rotatable bonds is 3. The van der Waals surface area contributed by atoms with Crippen LogP contribution in [0.25, 0.3) is 0 Å². The van der Waals surface area contributed by atoms with E-state index < -0.39 is 5.97 Å². The lowest BCUT2D eigenvalue weighted by Crippen LogP contribution is -1.96. The molecule has 3 radical (unpaired) electrons. The largest absolute Gasteiger partial charge is 0.481 e. The van der Waals surface area contributed by atoms with Crippen LogP contribution < -0.4 is 0 Å². The van der Waals surface area contributed by atoms with Gasteiger partial charge >= 0.3 is 5.97 Å². The summed E-state index contributed by atoms with van der Waals surface area (Å²) in [6.07, 6.45) is 4.09. The maximum atomic E-state index is 10.2. The molecule has 1 N–H and O–H groups in total. The highest BCUT2D eigenvalue weighted by molar-refractivity contribution is 5.75. The molecule has 0 fully saturated rings. The molecule has 1 aromatic heterocycles. The third-order valence-corrected chi connectivity index (χ3v) is 1.38. The number of nitrogens with zero attached hydrogens (tertiary/aromatic N) is 1. The molecule has 0 aliphatic heterocycles. The molecule has 0 spiro atoms. The highest BCUT2D eigenvalue weighted by Gasteiger charge is 1.96. The Kier molecular flexibility index (Phi) is 4.76. The quantitative estimate of drug-likeness (QED) is 0.666. The molecule has 0 bridgehead atoms. The van der Waals surface area contributed by atoms with E-state index in [1.54, 1.807) is 12.4 Å². The average Bonchev–Trinajstić information content (AvgIpc) is 2.03. The Hall–Kier alpha value is -1.32. The Morgan fingerprint density at radius 3 is 2.50 bits per heavy atom. The van der Waals surface area contributed by atoms with Gasteiger partial charge in [-0.25, -0.2) is 0 Å². The monoisotopic (exact) mass is 162 g/mol. The van der Waals surface area contributed by atoms with Crippen molar-refractivity contribution in [2.24, 2.45) is 0 Å². The van der Waals surface area contributed by atoms with Crippen LogP contribution in [-0.4, -0.2) is 24.5 Å². The maximum absolute atomic E-state index is 10.2. The van der Waals surface area contributed by atoms with E-state index in [1.807, 2.05) is 12.1 Å². The van der Waals surface area contributed by atoms with Gasteiger partial charge in [0.1, 0.15) is 0 Å². The van der Waals surface area contributed by atoms with Crippen LogP contribution >= 0.6 is 0 Å². The molecule has 0 aliphatic rings. The number of pyridine rings is 1. The fourth-order valence-corrected chi connectivity index (χ4v) is 0.801. The van der Waals surface area contributed by atoms with Gasteiger partial charge in [0.05, 0.1) is 0 Å². The summed E-state index contributed by atoms with van der Waals surface area (Å²) in [5, 5.41) is 8.36. The molecule has 0 saturated heterocycles. The minimum atomic E-state index is -0.762. The number of aliphatic carboxylic acids is 1. The second-order valence-electron chi connectivity index (χ2n) is 2.25. The zero-order valence-electron chi connectivity index (χ0n) is 6.60. The standard InChI is InChI=1S/C8H9NO2.B/c10-8(11)2-1-7-3-5-9-6-4-7;/h3-6H,1-2H2,(H,10,11);. The molecule has 3 nitrogen and oxygen atoms in total. The second kappa shape index (κ2) is 5.35. The Bertz CT molecular complexity index is 238. The zero-order valence-corrected chi connectivity index (χ0v) is 6.60. The van der Waals surface area contributed by atoms with Crippen LogP contribution in [0.1, 0.15) is 12.0 Å². The lowest BCUT2D eigenvalue weighted by molar-refractivity contribution is -0.136. The Morgan fingerprint density at radius 2 is 2.00 bits per heavy atom. The van der Waals surface area contributed by atoms with Gasteiger partial charge in [0.2, 0.25) is 0 Å². The van der Waals surface area contributed by atoms with Gasteiger partial charge in [0.15, 0.2) is 0 Å². The van der Waals surface area contributed by atoms with Crippen molar-refractivity contribution in [3.8, 4) is 0 Å². The van der Waals surface area contributed by atoms with Crippen molar-refractivity contribution in [1.29, 1.82) is 0 Å². The Balaban J connectivity index is 0.00000121. The summed E-state index contributed by atoms with van der Waals surface area (Å²) in [6, 6.07) is 3.64. The topological polar surface area (TPSA) is 50.2 Å². The van der Waals surface area contributed by atoms with Crippen LogP contribution in [0.4, 0.5) is 0 Å². The van der Waals surface area contributed by atoms with Crippen LogP contribution in [-0.2, 0) is 11.2 Å². The van der Waals surface area contributed by atoms with E-state index in [0.717, 1.165) is 5.56 Å². The first kappa shape index (κ1) is 10.7. The van der Waals surface area contributed by atoms with E-state index in [4.69, 9.17) is 5.11 Å². The van der Waals surface area contributed by atoms with Gasteiger partial charge in [-0.05, 0) is 24.1 Å². The van der Waals surface area contributed by atoms with Crippen molar-refractivity contribution < 1.29 is 9.90 Å². The molecule has 1 aromatic rings. The lowest BCUT2D eigenvalue weighted by Gasteiger charge is -1.95. The average molecular weight is 162 g/mol. The van der Waals surface area contributed by atoms with E-state index in [2.05, 4.69) is 4.98 Å². The Labute approximate surface area is 73.0 Å². The van der Waals surface area contributed by atoms with E-state index in [1.165, 1.54) is 0 Å². The number of hydrogen-bond acceptors (Lipinski definition) is 2. The van der Waals surface area contributed by atoms with Gasteiger partial charge in [-0.2, -0.15) is 0 Å². The predicted octanol–water partition coefficient (Wildman–Crippen LogP) is 0.718. The van der Waals surface area contributed by atoms with Crippen molar-refractivity contribution in [2.75, 3.05) is 0 Å². The molecule has 61 valence electrons. The van der Waals surface area contributed by atoms with Crippen molar-refractivity contribution in [3.05, 3.63) is 30.1 Å². The second-order valence-corrected chi connectivity index (χ2v) is 2.25. The normalized spacial score (nSPS) is 8.67. The van der Waals surface area contributed by atoms with E-state index in [0.29, 0.717) is 6.42 Å². The fraction of sp³-hybridized carbons (Fsp3) is 0.250. The van der Waals surface area contributed by atoms with Gasteiger partial charge in [0.25, 0.3) is 0 Å². The molecular formula is C8H9BNO2. The summed E-state index contributed by atoms with van der Waals surface area (Å²) in [5.41, 5.74) is 1.02. The highest BCUT2D eigenvalue weighted by Crippen LogP contribution is 1.99. The molecule has 1 rings (SSSR count). The summed E-state index contributed by atoms with van der Waals surface area (Å²) in [7, 11) is 0. The lowest BCUT2D eigenvalue weighted by atomic mass is 10.1. The molecule has 12 heavy (non-hydrogen) atoms. The molecule has 0 aliphatic carbocycles. The van der Waals surface area contributed by atoms with Gasteiger partial charge in [-0.1, -0.05) is 0 Å². The van der Waals surface area contributed by atoms with Crippen molar-refractivity contribution in [1.82, 2.24) is 4.98 Å². The van der Waals surface area contributed by atoms with E-state index >= 15 is 0 Å². The third-order valence-electron chi connectivity index (χ3n) is 1.38. The summed E-state index contributed by atoms with van der Waals surface area (Å²) in [5.74, 6) is -0.762. The summed E-state index contributed by atoms with van der Waals surface area (Å²) in [6.45, 7) is 0. The minimum absolute atomic E-state index is 0. The predicted molar refractivity (Wildman–Crippen MR) is 45.9 cm³/mol. The summed E-state index contributed by atoms with van der Waals surface area (Å²) in [4.78, 5) is 14.0. The number of aromatic nitrogens is 1. The van der Waals surface area contributed by atoms with Gasteiger partial charge in [-0.3, -0.25) is 9.78 Å². The van der Waals surface area contributed by atoms with Crippen LogP contribution in [0.2, 0.25) is 0 Å². The Morgan fingerprint density at radius 1 is 1.42 bits per heavy atom. The van der Waals surface area contributed by atoms with Crippen LogP contribution in [0, 0.1) is 0 Å². The SMILES string of the molecule is O=C(O)CCc1ccncc1.[B]. The minimum Gasteiger partial charge on any atom is -0.481 e. The highest BCUT2D eigenvalue weighted by atomic mass is 16.4. The number of aryl methyl sites for hydroxylation is 1. The van der Waals surface area contributed by atoms with E-state index in [-0.39, 0.29) is 14.8 Å². The maximum Gasteiger partial charge on any atom is 0.303 e. The number of hydrogen-bond donors (Lipinski definition) is 1. The van der Waals surface area contributed by atoms with Crippen LogP contribution in [0.15, 0.2) is 24.5 Å². The molecular weight excluding hydrogens is 153 g/mol. The van der Waals surface area contributed by atoms with Gasteiger partial charge in [0, 0.05) is 27.2 Å². The van der Waals surface area contributed by atoms with Crippen LogP contribution in [0.5, 0.6) is 0 Å². The molecule has 0 atom stereocenters. The molecule has 0 unspecified atom stereocenters.